The number of nitrogens with one attached hydrogen (secondary N) is 1. The highest BCUT2D eigenvalue weighted by atomic mass is 16.1. The molecule has 1 N–H and O–H groups in total. The first-order chi connectivity index (χ1) is 13.8. The summed E-state index contributed by atoms with van der Waals surface area (Å²) in [5.41, 5.74) is 2.10. The summed E-state index contributed by atoms with van der Waals surface area (Å²) in [4.78, 5) is 12.0. The van der Waals surface area contributed by atoms with Gasteiger partial charge in [0.25, 0.3) is 0 Å². The molecule has 0 amide bonds. The van der Waals surface area contributed by atoms with Crippen LogP contribution in [-0.4, -0.2) is 18.4 Å². The van der Waals surface area contributed by atoms with Gasteiger partial charge in [0.05, 0.1) is 0 Å². The van der Waals surface area contributed by atoms with E-state index in [1.54, 1.807) is 0 Å². The third-order valence-electron chi connectivity index (χ3n) is 10.6. The Morgan fingerprint density at radius 2 is 1.90 bits per heavy atom. The van der Waals surface area contributed by atoms with Crippen LogP contribution in [0.1, 0.15) is 79.1 Å². The lowest BCUT2D eigenvalue weighted by molar-refractivity contribution is -0.111. The second-order valence-electron chi connectivity index (χ2n) is 11.9. The summed E-state index contributed by atoms with van der Waals surface area (Å²) in [6, 6.07) is 0.732. The molecule has 5 aliphatic rings. The first-order valence-electron chi connectivity index (χ1n) is 12.5. The highest BCUT2D eigenvalue weighted by Gasteiger charge is 2.59. The number of piperidine rings is 1. The summed E-state index contributed by atoms with van der Waals surface area (Å²) in [5, 5.41) is 3.91. The number of carbonyl (C=O) groups excluding carboxylic acids is 1. The van der Waals surface area contributed by atoms with Crippen molar-refractivity contribution in [1.29, 1.82) is 0 Å². The minimum atomic E-state index is 0.142. The molecule has 0 bridgehead atoms. The summed E-state index contributed by atoms with van der Waals surface area (Å²) >= 11 is 0. The van der Waals surface area contributed by atoms with Crippen LogP contribution in [0.3, 0.4) is 0 Å². The van der Waals surface area contributed by atoms with E-state index in [4.69, 9.17) is 0 Å². The van der Waals surface area contributed by atoms with Crippen molar-refractivity contribution in [3.63, 3.8) is 0 Å². The van der Waals surface area contributed by atoms with Gasteiger partial charge in [-0.3, -0.25) is 4.79 Å². The van der Waals surface area contributed by atoms with Crippen molar-refractivity contribution in [3.8, 4) is 0 Å². The number of hydrogen-bond donors (Lipinski definition) is 1. The Balaban J connectivity index is 1.37. The normalized spacial score (nSPS) is 50.3. The smallest absolute Gasteiger partial charge is 0.178 e. The SMILES string of the molecule is CC1CCC(C(C)C2CC[C@H]3[C@@H]4CCC5=CC(=O)C=C[C@]5(C)[C@H]4CC[C@]23C)NC1. The van der Waals surface area contributed by atoms with Crippen LogP contribution in [0.15, 0.2) is 23.8 Å². The van der Waals surface area contributed by atoms with E-state index in [-0.39, 0.29) is 11.2 Å². The van der Waals surface area contributed by atoms with Gasteiger partial charge in [0, 0.05) is 11.5 Å². The summed E-state index contributed by atoms with van der Waals surface area (Å²) in [6.45, 7) is 11.3. The Morgan fingerprint density at radius 3 is 2.66 bits per heavy atom. The van der Waals surface area contributed by atoms with E-state index < -0.39 is 0 Å². The molecule has 4 aliphatic carbocycles. The van der Waals surface area contributed by atoms with Gasteiger partial charge < -0.3 is 5.32 Å². The highest BCUT2D eigenvalue weighted by Crippen LogP contribution is 2.67. The molecule has 5 rings (SSSR count). The summed E-state index contributed by atoms with van der Waals surface area (Å²) in [6.07, 6.45) is 17.0. The van der Waals surface area contributed by atoms with Crippen molar-refractivity contribution in [2.24, 2.45) is 46.3 Å². The van der Waals surface area contributed by atoms with E-state index in [1.807, 2.05) is 12.2 Å². The van der Waals surface area contributed by atoms with Crippen LogP contribution in [0, 0.1) is 46.3 Å². The van der Waals surface area contributed by atoms with Gasteiger partial charge in [-0.2, -0.15) is 0 Å². The van der Waals surface area contributed by atoms with Crippen molar-refractivity contribution in [2.75, 3.05) is 6.54 Å². The molecule has 4 fully saturated rings. The number of ketones is 1. The molecule has 4 unspecified atom stereocenters. The lowest BCUT2D eigenvalue weighted by atomic mass is 9.47. The highest BCUT2D eigenvalue weighted by molar-refractivity contribution is 6.01. The molecule has 1 saturated heterocycles. The quantitative estimate of drug-likeness (QED) is 0.627. The van der Waals surface area contributed by atoms with Gasteiger partial charge in [0.15, 0.2) is 5.78 Å². The second-order valence-corrected chi connectivity index (χ2v) is 11.9. The molecule has 0 aromatic carbocycles. The van der Waals surface area contributed by atoms with Gasteiger partial charge in [0.1, 0.15) is 0 Å². The zero-order valence-electron chi connectivity index (χ0n) is 19.0. The number of carbonyl (C=O) groups is 1. The maximum Gasteiger partial charge on any atom is 0.178 e. The van der Waals surface area contributed by atoms with Gasteiger partial charge in [-0.15, -0.1) is 0 Å². The molecule has 1 aliphatic heterocycles. The number of allylic oxidation sites excluding steroid dienone is 4. The molecular weight excluding hydrogens is 354 g/mol. The molecule has 0 aromatic heterocycles. The predicted molar refractivity (Wildman–Crippen MR) is 119 cm³/mol. The first kappa shape index (κ1) is 20.0. The van der Waals surface area contributed by atoms with Crippen molar-refractivity contribution < 1.29 is 4.79 Å². The number of hydrogen-bond acceptors (Lipinski definition) is 2. The number of fused-ring (bicyclic) bond motifs is 5. The van der Waals surface area contributed by atoms with Crippen LogP contribution in [0.2, 0.25) is 0 Å². The minimum Gasteiger partial charge on any atom is -0.313 e. The maximum absolute atomic E-state index is 12.0. The molecule has 0 aromatic rings. The van der Waals surface area contributed by atoms with Crippen molar-refractivity contribution in [3.05, 3.63) is 23.8 Å². The summed E-state index contributed by atoms with van der Waals surface area (Å²) < 4.78 is 0. The standard InChI is InChI=1S/C27H41NO/c1-17-5-10-25(28-16-17)18(2)22-8-9-23-21-7-6-19-15-20(29)11-13-26(19,3)24(21)12-14-27(22,23)4/h11,13,15,17-18,21-25,28H,5-10,12,14,16H2,1-4H3/t17?,18?,21-,22?,23-,24-,25?,26-,27+/m0/s1. The molecule has 0 spiro atoms. The monoisotopic (exact) mass is 395 g/mol. The molecule has 3 saturated carbocycles. The van der Waals surface area contributed by atoms with Gasteiger partial charge in [0.2, 0.25) is 0 Å². The fraction of sp³-hybridized carbons (Fsp3) is 0.815. The Labute approximate surface area is 178 Å². The van der Waals surface area contributed by atoms with Crippen LogP contribution < -0.4 is 5.32 Å². The first-order valence-corrected chi connectivity index (χ1v) is 12.5. The van der Waals surface area contributed by atoms with Gasteiger partial charge >= 0.3 is 0 Å². The number of rotatable bonds is 2. The zero-order valence-corrected chi connectivity index (χ0v) is 19.0. The van der Waals surface area contributed by atoms with Crippen LogP contribution in [0.5, 0.6) is 0 Å². The Hall–Kier alpha value is -0.890. The average Bonchev–Trinajstić information content (AvgIpc) is 3.06. The van der Waals surface area contributed by atoms with Gasteiger partial charge in [-0.1, -0.05) is 39.3 Å². The Kier molecular flexibility index (Phi) is 4.89. The Morgan fingerprint density at radius 1 is 1.07 bits per heavy atom. The molecule has 9 atom stereocenters. The zero-order chi connectivity index (χ0) is 20.4. The van der Waals surface area contributed by atoms with E-state index in [2.05, 4.69) is 39.1 Å². The lowest BCUT2D eigenvalue weighted by Gasteiger charge is -2.57. The van der Waals surface area contributed by atoms with Gasteiger partial charge in [-0.25, -0.2) is 0 Å². The maximum atomic E-state index is 12.0. The third kappa shape index (κ3) is 3.03. The molecule has 29 heavy (non-hydrogen) atoms. The molecule has 1 heterocycles. The van der Waals surface area contributed by atoms with E-state index in [1.165, 1.54) is 57.1 Å². The topological polar surface area (TPSA) is 29.1 Å². The fourth-order valence-electron chi connectivity index (χ4n) is 8.85. The fourth-order valence-corrected chi connectivity index (χ4v) is 8.85. The van der Waals surface area contributed by atoms with E-state index in [0.717, 1.165) is 48.0 Å². The summed E-state index contributed by atoms with van der Waals surface area (Å²) in [7, 11) is 0. The van der Waals surface area contributed by atoms with Gasteiger partial charge in [-0.05, 0) is 111 Å². The van der Waals surface area contributed by atoms with Crippen LogP contribution >= 0.6 is 0 Å². The second kappa shape index (κ2) is 7.08. The van der Waals surface area contributed by atoms with E-state index >= 15 is 0 Å². The summed E-state index contributed by atoms with van der Waals surface area (Å²) in [5.74, 6) is 5.23. The van der Waals surface area contributed by atoms with Crippen molar-refractivity contribution >= 4 is 5.78 Å². The minimum absolute atomic E-state index is 0.142. The molecular formula is C27H41NO. The van der Waals surface area contributed by atoms with Crippen LogP contribution in [-0.2, 0) is 4.79 Å². The van der Waals surface area contributed by atoms with Crippen LogP contribution in [0.25, 0.3) is 0 Å². The molecule has 2 nitrogen and oxygen atoms in total. The van der Waals surface area contributed by atoms with Crippen molar-refractivity contribution in [2.45, 2.75) is 85.1 Å². The Bertz CT molecular complexity index is 729. The van der Waals surface area contributed by atoms with Crippen LogP contribution in [0.4, 0.5) is 0 Å². The third-order valence-corrected chi connectivity index (χ3v) is 10.6. The predicted octanol–water partition coefficient (Wildman–Crippen LogP) is 5.93. The molecule has 0 radical (unpaired) electrons. The average molecular weight is 396 g/mol. The molecule has 2 heteroatoms. The van der Waals surface area contributed by atoms with E-state index in [0.29, 0.717) is 5.41 Å². The molecule has 160 valence electrons. The largest absolute Gasteiger partial charge is 0.313 e. The van der Waals surface area contributed by atoms with E-state index in [9.17, 15) is 4.79 Å². The van der Waals surface area contributed by atoms with Crippen molar-refractivity contribution in [1.82, 2.24) is 5.32 Å². The lowest BCUT2D eigenvalue weighted by Crippen LogP contribution is -2.52.